The van der Waals surface area contributed by atoms with E-state index in [9.17, 15) is 21.6 Å². The molecule has 0 unspecified atom stereocenters. The number of benzene rings is 2. The molecular formula is C19H15F3O2S. The highest BCUT2D eigenvalue weighted by molar-refractivity contribution is 7.95. The number of sulfone groups is 1. The molecule has 2 rings (SSSR count). The van der Waals surface area contributed by atoms with Crippen molar-refractivity contribution < 1.29 is 21.6 Å². The summed E-state index contributed by atoms with van der Waals surface area (Å²) in [7, 11) is -4.28. The minimum Gasteiger partial charge on any atom is -0.219 e. The Morgan fingerprint density at radius 3 is 2.04 bits per heavy atom. The molecule has 0 saturated carbocycles. The van der Waals surface area contributed by atoms with E-state index in [4.69, 9.17) is 0 Å². The van der Waals surface area contributed by atoms with Crippen LogP contribution in [-0.2, 0) is 9.84 Å². The van der Waals surface area contributed by atoms with E-state index in [0.29, 0.717) is 5.56 Å². The van der Waals surface area contributed by atoms with Crippen LogP contribution >= 0.6 is 0 Å². The van der Waals surface area contributed by atoms with Gasteiger partial charge in [0.05, 0.1) is 9.80 Å². The standard InChI is InChI=1S/C19H15F3O2S/c1-14-8-10-16(11-9-14)12-13-18(19(20,21)22)15(2)25(23,24)17-6-4-3-5-7-17/h3-11H,1-2H3/b18-15+. The van der Waals surface area contributed by atoms with Crippen LogP contribution in [0.3, 0.4) is 0 Å². The molecule has 0 aliphatic rings. The fraction of sp³-hybridized carbons (Fsp3) is 0.158. The molecule has 0 aliphatic heterocycles. The highest BCUT2D eigenvalue weighted by Crippen LogP contribution is 2.32. The SMILES string of the molecule is C/C(=C(/C#Cc1ccc(C)cc1)C(F)(F)F)S(=O)(=O)c1ccccc1. The van der Waals surface area contributed by atoms with Crippen LogP contribution in [0.25, 0.3) is 0 Å². The predicted molar refractivity (Wildman–Crippen MR) is 90.4 cm³/mol. The lowest BCUT2D eigenvalue weighted by atomic mass is 10.1. The Bertz CT molecular complexity index is 944. The Balaban J connectivity index is 2.58. The molecule has 0 aromatic heterocycles. The Labute approximate surface area is 144 Å². The van der Waals surface area contributed by atoms with Gasteiger partial charge in [-0.2, -0.15) is 13.2 Å². The van der Waals surface area contributed by atoms with E-state index in [1.807, 2.05) is 12.8 Å². The summed E-state index contributed by atoms with van der Waals surface area (Å²) in [5, 5.41) is 0. The topological polar surface area (TPSA) is 34.1 Å². The summed E-state index contributed by atoms with van der Waals surface area (Å²) in [6.07, 6.45) is -4.87. The van der Waals surface area contributed by atoms with Gasteiger partial charge >= 0.3 is 6.18 Å². The third-order valence-corrected chi connectivity index (χ3v) is 5.38. The molecule has 0 heterocycles. The van der Waals surface area contributed by atoms with E-state index >= 15 is 0 Å². The molecule has 0 bridgehead atoms. The van der Waals surface area contributed by atoms with E-state index in [1.54, 1.807) is 30.3 Å². The lowest BCUT2D eigenvalue weighted by Gasteiger charge is -2.11. The largest absolute Gasteiger partial charge is 0.425 e. The fourth-order valence-electron chi connectivity index (χ4n) is 2.04. The number of alkyl halides is 3. The number of halogens is 3. The quantitative estimate of drug-likeness (QED) is 0.727. The van der Waals surface area contributed by atoms with Gasteiger partial charge in [-0.15, -0.1) is 0 Å². The van der Waals surface area contributed by atoms with E-state index in [0.717, 1.165) is 12.5 Å². The molecule has 0 saturated heterocycles. The Morgan fingerprint density at radius 2 is 1.52 bits per heavy atom. The Kier molecular flexibility index (Phi) is 5.39. The third-order valence-electron chi connectivity index (χ3n) is 3.48. The predicted octanol–water partition coefficient (Wildman–Crippen LogP) is 4.66. The molecule has 0 atom stereocenters. The molecule has 6 heteroatoms. The van der Waals surface area contributed by atoms with Crippen LogP contribution in [0.1, 0.15) is 18.1 Å². The van der Waals surface area contributed by atoms with Crippen molar-refractivity contribution in [1.29, 1.82) is 0 Å². The summed E-state index contributed by atoms with van der Waals surface area (Å²) in [5.74, 6) is 4.39. The first kappa shape index (κ1) is 18.8. The second-order valence-electron chi connectivity index (χ2n) is 5.36. The zero-order chi connectivity index (χ0) is 18.7. The van der Waals surface area contributed by atoms with Crippen molar-refractivity contribution in [3.8, 4) is 11.8 Å². The molecule has 0 fully saturated rings. The first-order valence-corrected chi connectivity index (χ1v) is 8.77. The molecule has 0 radical (unpaired) electrons. The summed E-state index contributed by atoms with van der Waals surface area (Å²) in [5.41, 5.74) is -0.0471. The van der Waals surface area contributed by atoms with Crippen LogP contribution in [0.2, 0.25) is 0 Å². The average molecular weight is 364 g/mol. The highest BCUT2D eigenvalue weighted by atomic mass is 32.2. The van der Waals surface area contributed by atoms with Crippen LogP contribution in [0.5, 0.6) is 0 Å². The molecule has 2 aromatic rings. The summed E-state index contributed by atoms with van der Waals surface area (Å²) < 4.78 is 65.0. The maximum absolute atomic E-state index is 13.4. The van der Waals surface area contributed by atoms with Crippen LogP contribution in [-0.4, -0.2) is 14.6 Å². The van der Waals surface area contributed by atoms with Crippen molar-refractivity contribution in [3.05, 3.63) is 76.2 Å². The van der Waals surface area contributed by atoms with Crippen molar-refractivity contribution >= 4 is 9.84 Å². The summed E-state index contributed by atoms with van der Waals surface area (Å²) in [6, 6.07) is 13.6. The van der Waals surface area contributed by atoms with Crippen LogP contribution < -0.4 is 0 Å². The monoisotopic (exact) mass is 364 g/mol. The Hall–Kier alpha value is -2.52. The second kappa shape index (κ2) is 7.16. The number of rotatable bonds is 2. The van der Waals surface area contributed by atoms with Crippen molar-refractivity contribution in [2.75, 3.05) is 0 Å². The van der Waals surface area contributed by atoms with Gasteiger partial charge in [0.25, 0.3) is 0 Å². The van der Waals surface area contributed by atoms with Gasteiger partial charge in [0.1, 0.15) is 5.57 Å². The molecule has 0 N–H and O–H groups in total. The van der Waals surface area contributed by atoms with Crippen LogP contribution in [0.4, 0.5) is 13.2 Å². The van der Waals surface area contributed by atoms with E-state index in [2.05, 4.69) is 5.92 Å². The smallest absolute Gasteiger partial charge is 0.219 e. The number of allylic oxidation sites excluding steroid dienone is 2. The van der Waals surface area contributed by atoms with Crippen molar-refractivity contribution in [2.45, 2.75) is 24.9 Å². The zero-order valence-corrected chi connectivity index (χ0v) is 14.4. The number of hydrogen-bond donors (Lipinski definition) is 0. The second-order valence-corrected chi connectivity index (χ2v) is 7.45. The average Bonchev–Trinajstić information content (AvgIpc) is 2.56. The molecule has 2 nitrogen and oxygen atoms in total. The summed E-state index contributed by atoms with van der Waals surface area (Å²) in [6.45, 7) is 2.77. The summed E-state index contributed by atoms with van der Waals surface area (Å²) >= 11 is 0. The molecule has 130 valence electrons. The van der Waals surface area contributed by atoms with Gasteiger partial charge in [-0.25, -0.2) is 8.42 Å². The maximum atomic E-state index is 13.4. The Morgan fingerprint density at radius 1 is 0.960 bits per heavy atom. The molecule has 0 aliphatic carbocycles. The van der Waals surface area contributed by atoms with Crippen LogP contribution in [0, 0.1) is 18.8 Å². The lowest BCUT2D eigenvalue weighted by Crippen LogP contribution is -2.16. The third kappa shape index (κ3) is 4.52. The number of aryl methyl sites for hydroxylation is 1. The van der Waals surface area contributed by atoms with Gasteiger partial charge in [-0.3, -0.25) is 0 Å². The zero-order valence-electron chi connectivity index (χ0n) is 13.6. The van der Waals surface area contributed by atoms with Crippen LogP contribution in [0.15, 0.2) is 70.0 Å². The normalized spacial score (nSPS) is 12.8. The first-order chi connectivity index (χ1) is 11.6. The highest BCUT2D eigenvalue weighted by Gasteiger charge is 2.38. The van der Waals surface area contributed by atoms with Crippen molar-refractivity contribution in [1.82, 2.24) is 0 Å². The molecule has 2 aromatic carbocycles. The molecule has 0 amide bonds. The van der Waals surface area contributed by atoms with Crippen molar-refractivity contribution in [2.24, 2.45) is 0 Å². The molecule has 0 spiro atoms. The maximum Gasteiger partial charge on any atom is 0.425 e. The summed E-state index contributed by atoms with van der Waals surface area (Å²) in [4.78, 5) is -1.02. The van der Waals surface area contributed by atoms with E-state index < -0.39 is 26.5 Å². The van der Waals surface area contributed by atoms with Gasteiger partial charge in [0, 0.05) is 5.56 Å². The van der Waals surface area contributed by atoms with Crippen molar-refractivity contribution in [3.63, 3.8) is 0 Å². The molecular weight excluding hydrogens is 349 g/mol. The number of hydrogen-bond acceptors (Lipinski definition) is 2. The van der Waals surface area contributed by atoms with Gasteiger partial charge < -0.3 is 0 Å². The fourth-order valence-corrected chi connectivity index (χ4v) is 3.35. The minimum absolute atomic E-state index is 0.202. The van der Waals surface area contributed by atoms with Gasteiger partial charge in [-0.05, 0) is 38.1 Å². The lowest BCUT2D eigenvalue weighted by molar-refractivity contribution is -0.0875. The van der Waals surface area contributed by atoms with Gasteiger partial charge in [0.15, 0.2) is 0 Å². The van der Waals surface area contributed by atoms with E-state index in [-0.39, 0.29) is 4.90 Å². The van der Waals surface area contributed by atoms with Gasteiger partial charge in [-0.1, -0.05) is 47.7 Å². The molecule has 25 heavy (non-hydrogen) atoms. The van der Waals surface area contributed by atoms with Gasteiger partial charge in [0.2, 0.25) is 9.84 Å². The minimum atomic E-state index is -4.87. The van der Waals surface area contributed by atoms with E-state index in [1.165, 1.54) is 24.3 Å². The first-order valence-electron chi connectivity index (χ1n) is 7.29.